The first kappa shape index (κ1) is 15.6. The standard InChI is InChI=1S/C11H15N3O6/c12-7(15)5-13(6-11(19)20)8(16)3-4-14-9(17)1-2-10(14)18/h1-6H2,(H2,12,15)(H,19,20). The van der Waals surface area contributed by atoms with Crippen LogP contribution >= 0.6 is 0 Å². The number of nitrogens with zero attached hydrogens (tertiary/aromatic N) is 2. The Bertz CT molecular complexity index is 429. The van der Waals surface area contributed by atoms with Gasteiger partial charge in [0, 0.05) is 25.8 Å². The second kappa shape index (κ2) is 6.64. The molecule has 0 atom stereocenters. The molecule has 0 bridgehead atoms. The van der Waals surface area contributed by atoms with Crippen LogP contribution in [-0.2, 0) is 24.0 Å². The minimum Gasteiger partial charge on any atom is -0.480 e. The zero-order chi connectivity index (χ0) is 15.3. The van der Waals surface area contributed by atoms with Crippen molar-refractivity contribution in [2.45, 2.75) is 19.3 Å². The summed E-state index contributed by atoms with van der Waals surface area (Å²) in [5.41, 5.74) is 4.92. The average molecular weight is 285 g/mol. The predicted molar refractivity (Wildman–Crippen MR) is 64.0 cm³/mol. The summed E-state index contributed by atoms with van der Waals surface area (Å²) < 4.78 is 0. The highest BCUT2D eigenvalue weighted by Crippen LogP contribution is 2.12. The number of amides is 4. The Morgan fingerprint density at radius 1 is 1.15 bits per heavy atom. The van der Waals surface area contributed by atoms with Gasteiger partial charge in [-0.15, -0.1) is 0 Å². The topological polar surface area (TPSA) is 138 Å². The predicted octanol–water partition coefficient (Wildman–Crippen LogP) is -2.08. The number of primary amides is 1. The second-order valence-electron chi connectivity index (χ2n) is 4.30. The molecule has 0 aromatic rings. The van der Waals surface area contributed by atoms with Crippen LogP contribution in [-0.4, -0.2) is 64.1 Å². The van der Waals surface area contributed by atoms with E-state index in [0.717, 1.165) is 9.80 Å². The van der Waals surface area contributed by atoms with Gasteiger partial charge in [-0.1, -0.05) is 0 Å². The Labute approximate surface area is 114 Å². The van der Waals surface area contributed by atoms with Crippen molar-refractivity contribution < 1.29 is 29.1 Å². The molecular formula is C11H15N3O6. The third-order valence-corrected chi connectivity index (χ3v) is 2.73. The van der Waals surface area contributed by atoms with Gasteiger partial charge in [-0.3, -0.25) is 28.9 Å². The molecule has 1 heterocycles. The summed E-state index contributed by atoms with van der Waals surface area (Å²) in [4.78, 5) is 57.6. The van der Waals surface area contributed by atoms with Crippen molar-refractivity contribution in [3.8, 4) is 0 Å². The molecular weight excluding hydrogens is 270 g/mol. The molecule has 0 aromatic heterocycles. The first-order valence-corrected chi connectivity index (χ1v) is 5.92. The molecule has 0 aliphatic carbocycles. The normalized spacial score (nSPS) is 14.5. The summed E-state index contributed by atoms with van der Waals surface area (Å²) >= 11 is 0. The Morgan fingerprint density at radius 2 is 1.70 bits per heavy atom. The minimum absolute atomic E-state index is 0.118. The number of carbonyl (C=O) groups is 5. The third kappa shape index (κ3) is 4.34. The van der Waals surface area contributed by atoms with Crippen LogP contribution in [0.25, 0.3) is 0 Å². The fourth-order valence-corrected chi connectivity index (χ4v) is 1.82. The monoisotopic (exact) mass is 285 g/mol. The van der Waals surface area contributed by atoms with Crippen molar-refractivity contribution in [1.29, 1.82) is 0 Å². The van der Waals surface area contributed by atoms with Crippen LogP contribution in [0.5, 0.6) is 0 Å². The number of aliphatic carboxylic acids is 1. The van der Waals surface area contributed by atoms with Gasteiger partial charge in [0.25, 0.3) is 0 Å². The quantitative estimate of drug-likeness (QED) is 0.515. The van der Waals surface area contributed by atoms with Crippen molar-refractivity contribution in [3.05, 3.63) is 0 Å². The molecule has 1 aliphatic heterocycles. The molecule has 4 amide bonds. The maximum Gasteiger partial charge on any atom is 0.323 e. The number of nitrogens with two attached hydrogens (primary N) is 1. The zero-order valence-electron chi connectivity index (χ0n) is 10.7. The molecule has 1 rings (SSSR count). The second-order valence-corrected chi connectivity index (χ2v) is 4.30. The molecule has 1 aliphatic rings. The van der Waals surface area contributed by atoms with E-state index in [4.69, 9.17) is 10.8 Å². The molecule has 0 unspecified atom stereocenters. The smallest absolute Gasteiger partial charge is 0.323 e. The van der Waals surface area contributed by atoms with E-state index in [2.05, 4.69) is 0 Å². The number of hydrogen-bond donors (Lipinski definition) is 2. The lowest BCUT2D eigenvalue weighted by Crippen LogP contribution is -2.43. The lowest BCUT2D eigenvalue weighted by Gasteiger charge is -2.20. The Hall–Kier alpha value is -2.45. The van der Waals surface area contributed by atoms with Crippen LogP contribution in [0.1, 0.15) is 19.3 Å². The lowest BCUT2D eigenvalue weighted by atomic mass is 10.3. The largest absolute Gasteiger partial charge is 0.480 e. The molecule has 0 spiro atoms. The van der Waals surface area contributed by atoms with Crippen molar-refractivity contribution in [2.24, 2.45) is 5.73 Å². The molecule has 1 saturated heterocycles. The van der Waals surface area contributed by atoms with Crippen LogP contribution < -0.4 is 5.73 Å². The summed E-state index contributed by atoms with van der Waals surface area (Å²) in [7, 11) is 0. The van der Waals surface area contributed by atoms with Gasteiger partial charge in [0.1, 0.15) is 6.54 Å². The van der Waals surface area contributed by atoms with Gasteiger partial charge in [0.05, 0.1) is 6.54 Å². The van der Waals surface area contributed by atoms with Crippen molar-refractivity contribution in [2.75, 3.05) is 19.6 Å². The molecule has 1 fully saturated rings. The summed E-state index contributed by atoms with van der Waals surface area (Å²) in [5, 5.41) is 8.64. The van der Waals surface area contributed by atoms with Crippen LogP contribution in [0, 0.1) is 0 Å². The average Bonchev–Trinajstić information content (AvgIpc) is 2.64. The highest BCUT2D eigenvalue weighted by atomic mass is 16.4. The number of imide groups is 1. The number of carboxylic acid groups (broad SMARTS) is 1. The van der Waals surface area contributed by atoms with E-state index in [1.165, 1.54) is 0 Å². The SMILES string of the molecule is NC(=O)CN(CC(=O)O)C(=O)CCN1C(=O)CCC1=O. The maximum atomic E-state index is 11.8. The Balaban J connectivity index is 2.57. The highest BCUT2D eigenvalue weighted by Gasteiger charge is 2.29. The van der Waals surface area contributed by atoms with Gasteiger partial charge in [0.15, 0.2) is 0 Å². The van der Waals surface area contributed by atoms with Crippen LogP contribution in [0.3, 0.4) is 0 Å². The zero-order valence-corrected chi connectivity index (χ0v) is 10.7. The fraction of sp³-hybridized carbons (Fsp3) is 0.545. The van der Waals surface area contributed by atoms with Crippen LogP contribution in [0.4, 0.5) is 0 Å². The number of carbonyl (C=O) groups excluding carboxylic acids is 4. The number of likely N-dealkylation sites (tertiary alicyclic amines) is 1. The maximum absolute atomic E-state index is 11.8. The first-order valence-electron chi connectivity index (χ1n) is 5.92. The van der Waals surface area contributed by atoms with Gasteiger partial charge in [-0.2, -0.15) is 0 Å². The van der Waals surface area contributed by atoms with Gasteiger partial charge < -0.3 is 15.7 Å². The molecule has 0 aromatic carbocycles. The van der Waals surface area contributed by atoms with E-state index >= 15 is 0 Å². The first-order chi connectivity index (χ1) is 9.31. The van der Waals surface area contributed by atoms with Crippen LogP contribution in [0.2, 0.25) is 0 Å². The molecule has 9 heteroatoms. The summed E-state index contributed by atoms with van der Waals surface area (Å²) in [6.07, 6.45) is -0.00165. The Kier molecular flexibility index (Phi) is 5.18. The van der Waals surface area contributed by atoms with E-state index in [1.807, 2.05) is 0 Å². The van der Waals surface area contributed by atoms with Gasteiger partial charge >= 0.3 is 5.97 Å². The summed E-state index contributed by atoms with van der Waals surface area (Å²) in [5.74, 6) is -3.50. The van der Waals surface area contributed by atoms with Crippen molar-refractivity contribution >= 4 is 29.6 Å². The molecule has 110 valence electrons. The number of carboxylic acids is 1. The molecule has 0 saturated carbocycles. The van der Waals surface area contributed by atoms with Gasteiger partial charge in [-0.25, -0.2) is 0 Å². The van der Waals surface area contributed by atoms with Crippen molar-refractivity contribution in [1.82, 2.24) is 9.80 Å². The van der Waals surface area contributed by atoms with Crippen LogP contribution in [0.15, 0.2) is 0 Å². The van der Waals surface area contributed by atoms with Crippen molar-refractivity contribution in [3.63, 3.8) is 0 Å². The van der Waals surface area contributed by atoms with Gasteiger partial charge in [0.2, 0.25) is 23.6 Å². The summed E-state index contributed by atoms with van der Waals surface area (Å²) in [6.45, 7) is -1.30. The van der Waals surface area contributed by atoms with E-state index in [-0.39, 0.29) is 37.6 Å². The number of hydrogen-bond acceptors (Lipinski definition) is 5. The molecule has 3 N–H and O–H groups in total. The van der Waals surface area contributed by atoms with Gasteiger partial charge in [-0.05, 0) is 0 Å². The highest BCUT2D eigenvalue weighted by molar-refractivity contribution is 6.02. The number of rotatable bonds is 7. The molecule has 9 nitrogen and oxygen atoms in total. The van der Waals surface area contributed by atoms with E-state index in [0.29, 0.717) is 0 Å². The minimum atomic E-state index is -1.28. The molecule has 20 heavy (non-hydrogen) atoms. The van der Waals surface area contributed by atoms with E-state index < -0.39 is 30.9 Å². The molecule has 0 radical (unpaired) electrons. The van der Waals surface area contributed by atoms with E-state index in [9.17, 15) is 24.0 Å². The third-order valence-electron chi connectivity index (χ3n) is 2.73. The fourth-order valence-electron chi connectivity index (χ4n) is 1.82. The summed E-state index contributed by atoms with van der Waals surface area (Å²) in [6, 6.07) is 0. The van der Waals surface area contributed by atoms with E-state index in [1.54, 1.807) is 0 Å². The Morgan fingerprint density at radius 3 is 2.15 bits per heavy atom. The lowest BCUT2D eigenvalue weighted by molar-refractivity contribution is -0.147.